The molecule has 0 aromatic carbocycles. The largest absolute Gasteiger partial charge is 0.425 e. The summed E-state index contributed by atoms with van der Waals surface area (Å²) in [5.74, 6) is 0. The molecule has 0 radical (unpaired) electrons. The van der Waals surface area contributed by atoms with Crippen molar-refractivity contribution in [1.29, 1.82) is 0 Å². The molecule has 0 aromatic heterocycles. The quantitative estimate of drug-likeness (QED) is 0.122. The molecular weight excluding hydrogens is 961 g/mol. The minimum absolute atomic E-state index is 0. The fourth-order valence-electron chi connectivity index (χ4n) is 0. The highest BCUT2D eigenvalue weighted by molar-refractivity contribution is 7.81. The molecule has 0 saturated heterocycles. The van der Waals surface area contributed by atoms with Gasteiger partial charge in [-0.1, -0.05) is 81.7 Å². The van der Waals surface area contributed by atoms with Crippen molar-refractivity contribution in [2.75, 3.05) is 34.7 Å². The third kappa shape index (κ3) is 6490. The van der Waals surface area contributed by atoms with Crippen molar-refractivity contribution in [1.82, 2.24) is 0 Å². The summed E-state index contributed by atoms with van der Waals surface area (Å²) in [5.41, 5.74) is 0. The Morgan fingerprint density at radius 2 is 0.418 bits per heavy atom. The molecule has 0 aliphatic carbocycles. The number of aliphatic hydroxyl groups excluding tert-OH is 2. The molecule has 12 N–H and O–H groups in total. The van der Waals surface area contributed by atoms with E-state index in [1.165, 1.54) is 0 Å². The highest BCUT2D eigenvalue weighted by atomic mass is 32.3. The summed E-state index contributed by atoms with van der Waals surface area (Å²) in [6.07, 6.45) is 1.69. The molecule has 0 saturated carbocycles. The Morgan fingerprint density at radius 1 is 0.400 bits per heavy atom. The van der Waals surface area contributed by atoms with Crippen molar-refractivity contribution in [3.8, 4) is 0 Å². The molecule has 0 spiro atoms. The third-order valence-electron chi connectivity index (χ3n) is 0.421. The van der Waals surface area contributed by atoms with E-state index in [0.29, 0.717) is 0 Å². The summed E-state index contributed by atoms with van der Waals surface area (Å²) in [4.78, 5) is 0. The van der Waals surface area contributed by atoms with Gasteiger partial charge in [-0.2, -0.15) is 63.1 Å². The maximum atomic E-state index is 9.33. The van der Waals surface area contributed by atoms with Crippen LogP contribution in [-0.4, -0.2) is 159 Å². The van der Waals surface area contributed by atoms with Crippen LogP contribution in [-0.2, 0) is 94.3 Å². The van der Waals surface area contributed by atoms with Crippen molar-refractivity contribution in [2.45, 2.75) is 81.7 Å². The average Bonchev–Trinajstić information content (AvgIpc) is 2.75. The minimum Gasteiger partial charge on any atom is -0.412 e. The number of rotatable bonds is 2. The van der Waals surface area contributed by atoms with Gasteiger partial charge in [0, 0.05) is 14.2 Å². The Morgan fingerprint density at radius 3 is 0.418 bits per heavy atom. The number of aliphatic hydroxyl groups is 2. The molecule has 0 rings (SSSR count). The molecular formula is C16H72O30S9. The van der Waals surface area contributed by atoms with Gasteiger partial charge in [0.15, 0.2) is 0 Å². The number of hydrogen-bond acceptors (Lipinski definition) is 23. The highest BCUT2D eigenvalue weighted by Gasteiger charge is 1.94. The van der Waals surface area contributed by atoms with Crippen LogP contribution in [0.3, 0.4) is 0 Å². The molecule has 0 atom stereocenters. The van der Waals surface area contributed by atoms with Crippen molar-refractivity contribution in [2.24, 2.45) is 0 Å². The van der Waals surface area contributed by atoms with Crippen molar-refractivity contribution >= 4 is 98.6 Å². The molecule has 0 heterocycles. The first kappa shape index (κ1) is 169. The summed E-state index contributed by atoms with van der Waals surface area (Å²) in [5, 5.41) is 14.0. The molecule has 55 heavy (non-hydrogen) atoms. The Labute approximate surface area is 345 Å². The average molecular weight is 1030 g/mol. The van der Waals surface area contributed by atoms with E-state index in [0.717, 1.165) is 28.4 Å². The van der Waals surface area contributed by atoms with Gasteiger partial charge in [-0.15, -0.1) is 25.3 Å². The molecule has 0 unspecified atom stereocenters. The normalized spacial score (nSPS) is 6.29. The smallest absolute Gasteiger partial charge is 0.412 e. The lowest BCUT2D eigenvalue weighted by molar-refractivity contribution is 0.323. The van der Waals surface area contributed by atoms with Crippen molar-refractivity contribution < 1.29 is 133 Å². The summed E-state index contributed by atoms with van der Waals surface area (Å²) in [6.45, 7) is 0. The molecule has 0 aliphatic rings. The predicted octanol–water partition coefficient (Wildman–Crippen LogP) is -0.672. The van der Waals surface area contributed by atoms with Crippen LogP contribution in [0, 0.1) is 0 Å². The van der Waals surface area contributed by atoms with Gasteiger partial charge >= 0.3 is 86.0 Å². The second-order valence-electron chi connectivity index (χ2n) is 2.63. The first-order chi connectivity index (χ1) is 18.4. The second kappa shape index (κ2) is 132. The molecule has 370 valence electrons. The zero-order chi connectivity index (χ0) is 38.0. The monoisotopic (exact) mass is 1030 g/mol. The van der Waals surface area contributed by atoms with E-state index in [1.807, 2.05) is 0 Å². The van der Waals surface area contributed by atoms with Gasteiger partial charge in [-0.05, 0) is 6.26 Å². The molecule has 0 fully saturated rings. The first-order valence-corrected chi connectivity index (χ1v) is 16.3. The standard InChI is InChI=1S/2CH4O4S.2CH4O.CH4S.11CH4.2H2O4S.2O3S.2O2S.2H2O/c2*1-5-6(2,3)4;3*1-2;;;;;;;;;;;;2*1-5(2,3)4;2*1-4(2)3;2*1-3-2;;/h2*1H3,(H,2,3,4);3*2H,1H3;11*1H4;2*(H2,1,2,3,4);;;;;2*1H2. The summed E-state index contributed by atoms with van der Waals surface area (Å²) >= 11 is 2.03. The van der Waals surface area contributed by atoms with Crippen LogP contribution < -0.4 is 0 Å². The number of thiol groups is 1. The lowest BCUT2D eigenvalue weighted by Gasteiger charge is -1.82. The van der Waals surface area contributed by atoms with Crippen LogP contribution in [0.25, 0.3) is 0 Å². The highest BCUT2D eigenvalue weighted by Crippen LogP contribution is 1.75. The molecule has 0 amide bonds. The van der Waals surface area contributed by atoms with Gasteiger partial charge in [-0.25, -0.2) is 0 Å². The van der Waals surface area contributed by atoms with E-state index in [-0.39, 0.29) is 92.6 Å². The van der Waals surface area contributed by atoms with Gasteiger partial charge in [0.1, 0.15) is 0 Å². The Kier molecular flexibility index (Phi) is 406. The lowest BCUT2D eigenvalue weighted by Crippen LogP contribution is -1.96. The van der Waals surface area contributed by atoms with Crippen LogP contribution in [0.5, 0.6) is 0 Å². The van der Waals surface area contributed by atoms with E-state index in [4.69, 9.17) is 96.5 Å². The van der Waals surface area contributed by atoms with Crippen molar-refractivity contribution in [3.63, 3.8) is 0 Å². The van der Waals surface area contributed by atoms with Gasteiger partial charge < -0.3 is 21.2 Å². The van der Waals surface area contributed by atoms with Crippen LogP contribution >= 0.6 is 12.6 Å². The van der Waals surface area contributed by atoms with E-state index >= 15 is 0 Å². The van der Waals surface area contributed by atoms with Crippen molar-refractivity contribution in [3.05, 3.63) is 0 Å². The van der Waals surface area contributed by atoms with Gasteiger partial charge in [-0.3, -0.25) is 35.7 Å². The Balaban J connectivity index is -0.00000000867. The molecule has 0 bridgehead atoms. The van der Waals surface area contributed by atoms with Crippen LogP contribution in [0.2, 0.25) is 0 Å². The van der Waals surface area contributed by atoms with Crippen LogP contribution in [0.1, 0.15) is 81.7 Å². The summed E-state index contributed by atoms with van der Waals surface area (Å²) in [7, 11) is -20.1. The molecule has 39 heteroatoms. The fourth-order valence-corrected chi connectivity index (χ4v) is 0. The maximum absolute atomic E-state index is 9.33. The van der Waals surface area contributed by atoms with E-state index < -0.39 is 86.0 Å². The fraction of sp³-hybridized carbons (Fsp3) is 1.00. The topological polar surface area (TPSA) is 551 Å². The van der Waals surface area contributed by atoms with E-state index in [9.17, 15) is 16.8 Å². The Bertz CT molecular complexity index is 1130. The maximum Gasteiger partial charge on any atom is 0.425 e. The van der Waals surface area contributed by atoms with E-state index in [1.54, 1.807) is 6.26 Å². The third-order valence-corrected chi connectivity index (χ3v) is 1.26. The lowest BCUT2D eigenvalue weighted by atomic mass is 11.8. The first-order valence-electron chi connectivity index (χ1n) is 6.59. The minimum atomic E-state index is -4.67. The van der Waals surface area contributed by atoms with Gasteiger partial charge in [0.05, 0.1) is 14.2 Å². The van der Waals surface area contributed by atoms with E-state index in [2.05, 4.69) is 21.0 Å². The predicted molar refractivity (Wildman–Crippen MR) is 215 cm³/mol. The van der Waals surface area contributed by atoms with Gasteiger partial charge in [0.25, 0.3) is 0 Å². The zero-order valence-corrected chi connectivity index (χ0v) is 28.9. The second-order valence-corrected chi connectivity index (χ2v) is 7.89. The number of hydrogen-bond donors (Lipinski definition) is 9. The molecule has 0 aromatic rings. The zero-order valence-electron chi connectivity index (χ0n) is 21.5. The SMILES string of the molecule is C.C.C.C.C.C.C.C.C.C.C.CO.CO.COS(=O)(=O)O.COS(=O)(=O)O.CS.O.O.O=S(=O)(O)O.O=S(=O)(O)O.O=S(=O)=O.O=S(=O)=O.O=S=O.O=S=O. The molecule has 30 nitrogen and oxygen atoms in total. The summed E-state index contributed by atoms with van der Waals surface area (Å²) < 4.78 is 206. The van der Waals surface area contributed by atoms with Crippen LogP contribution in [0.4, 0.5) is 0 Å². The van der Waals surface area contributed by atoms with Crippen LogP contribution in [0.15, 0.2) is 0 Å². The Hall–Kier alpha value is -1.45. The van der Waals surface area contributed by atoms with Gasteiger partial charge in [0.2, 0.25) is 0 Å². The summed E-state index contributed by atoms with van der Waals surface area (Å²) in [6, 6.07) is 0. The molecule has 0 aliphatic heterocycles.